The summed E-state index contributed by atoms with van der Waals surface area (Å²) in [6.07, 6.45) is 5.09. The van der Waals surface area contributed by atoms with Gasteiger partial charge in [0.2, 0.25) is 5.91 Å². The Morgan fingerprint density at radius 1 is 1.07 bits per heavy atom. The van der Waals surface area contributed by atoms with E-state index in [-0.39, 0.29) is 18.4 Å². The minimum atomic E-state index is -0.897. The summed E-state index contributed by atoms with van der Waals surface area (Å²) in [6, 6.07) is 10.0. The Labute approximate surface area is 162 Å². The molecular formula is C21H34N2O4. The number of hydrogen-bond donors (Lipinski definition) is 2. The van der Waals surface area contributed by atoms with E-state index in [1.807, 2.05) is 25.1 Å². The van der Waals surface area contributed by atoms with E-state index < -0.39 is 5.97 Å². The number of nitrogens with one attached hydrogen (secondary N) is 1. The van der Waals surface area contributed by atoms with Crippen molar-refractivity contribution >= 4 is 11.9 Å². The molecule has 152 valence electrons. The van der Waals surface area contributed by atoms with E-state index in [1.54, 1.807) is 0 Å². The fraction of sp³-hybridized carbons (Fsp3) is 0.619. The SMILES string of the molecule is CN(C)CC(CC(=O)O)NC(=O)CCCCCOCCCc1ccccc1. The summed E-state index contributed by atoms with van der Waals surface area (Å²) in [5.74, 6) is -0.974. The van der Waals surface area contributed by atoms with Crippen molar-refractivity contribution in [2.45, 2.75) is 51.0 Å². The second kappa shape index (κ2) is 14.2. The molecule has 27 heavy (non-hydrogen) atoms. The van der Waals surface area contributed by atoms with Crippen molar-refractivity contribution in [3.8, 4) is 0 Å². The predicted molar refractivity (Wildman–Crippen MR) is 107 cm³/mol. The van der Waals surface area contributed by atoms with Crippen molar-refractivity contribution in [1.29, 1.82) is 0 Å². The third-order valence-electron chi connectivity index (χ3n) is 4.16. The molecule has 1 amide bonds. The molecule has 0 aliphatic carbocycles. The van der Waals surface area contributed by atoms with Gasteiger partial charge in [-0.25, -0.2) is 0 Å². The molecule has 1 unspecified atom stereocenters. The van der Waals surface area contributed by atoms with Gasteiger partial charge in [-0.15, -0.1) is 0 Å². The van der Waals surface area contributed by atoms with Crippen LogP contribution in [-0.2, 0) is 20.7 Å². The minimum Gasteiger partial charge on any atom is -0.481 e. The number of carboxylic acid groups (broad SMARTS) is 1. The van der Waals surface area contributed by atoms with Crippen LogP contribution in [0.4, 0.5) is 0 Å². The van der Waals surface area contributed by atoms with Gasteiger partial charge in [-0.2, -0.15) is 0 Å². The Morgan fingerprint density at radius 2 is 1.78 bits per heavy atom. The standard InChI is InChI=1S/C21H34N2O4/c1-23(2)17-19(16-21(25)26)22-20(24)13-7-4-8-14-27-15-9-12-18-10-5-3-6-11-18/h3,5-6,10-11,19H,4,7-9,12-17H2,1-2H3,(H,22,24)(H,25,26). The summed E-state index contributed by atoms with van der Waals surface area (Å²) in [7, 11) is 3.72. The Hall–Kier alpha value is -1.92. The highest BCUT2D eigenvalue weighted by Gasteiger charge is 2.16. The van der Waals surface area contributed by atoms with Gasteiger partial charge in [0.15, 0.2) is 0 Å². The summed E-state index contributed by atoms with van der Waals surface area (Å²) in [5.41, 5.74) is 1.34. The lowest BCUT2D eigenvalue weighted by atomic mass is 10.1. The van der Waals surface area contributed by atoms with E-state index in [9.17, 15) is 9.59 Å². The molecule has 0 saturated carbocycles. The first kappa shape index (κ1) is 23.1. The molecule has 0 fully saturated rings. The van der Waals surface area contributed by atoms with E-state index in [1.165, 1.54) is 5.56 Å². The van der Waals surface area contributed by atoms with Crippen LogP contribution in [0, 0.1) is 0 Å². The number of ether oxygens (including phenoxy) is 1. The van der Waals surface area contributed by atoms with Gasteiger partial charge in [-0.3, -0.25) is 9.59 Å². The lowest BCUT2D eigenvalue weighted by molar-refractivity contribution is -0.137. The molecule has 0 aliphatic rings. The number of benzene rings is 1. The number of carboxylic acids is 1. The summed E-state index contributed by atoms with van der Waals surface area (Å²) >= 11 is 0. The van der Waals surface area contributed by atoms with Gasteiger partial charge in [0.25, 0.3) is 0 Å². The van der Waals surface area contributed by atoms with Crippen molar-refractivity contribution in [2.75, 3.05) is 33.9 Å². The largest absolute Gasteiger partial charge is 0.481 e. The maximum Gasteiger partial charge on any atom is 0.305 e. The molecule has 1 aromatic rings. The van der Waals surface area contributed by atoms with E-state index in [0.29, 0.717) is 13.0 Å². The zero-order chi connectivity index (χ0) is 19.9. The molecule has 0 heterocycles. The van der Waals surface area contributed by atoms with E-state index in [4.69, 9.17) is 9.84 Å². The van der Waals surface area contributed by atoms with Gasteiger partial charge >= 0.3 is 5.97 Å². The Kier molecular flexibility index (Phi) is 12.1. The normalized spacial score (nSPS) is 12.1. The lowest BCUT2D eigenvalue weighted by Gasteiger charge is -2.20. The molecule has 0 spiro atoms. The number of carbonyl (C=O) groups is 2. The summed E-state index contributed by atoms with van der Waals surface area (Å²) in [6.45, 7) is 2.00. The minimum absolute atomic E-state index is 0.0548. The molecule has 6 heteroatoms. The Morgan fingerprint density at radius 3 is 2.44 bits per heavy atom. The molecule has 0 aromatic heterocycles. The van der Waals surface area contributed by atoms with Crippen LogP contribution in [-0.4, -0.2) is 61.8 Å². The predicted octanol–water partition coefficient (Wildman–Crippen LogP) is 2.72. The Bertz CT molecular complexity index is 534. The van der Waals surface area contributed by atoms with Crippen molar-refractivity contribution in [2.24, 2.45) is 0 Å². The molecule has 0 aliphatic heterocycles. The van der Waals surface area contributed by atoms with E-state index in [2.05, 4.69) is 29.6 Å². The average molecular weight is 379 g/mol. The van der Waals surface area contributed by atoms with Crippen LogP contribution in [0.1, 0.15) is 44.1 Å². The number of likely N-dealkylation sites (N-methyl/N-ethyl adjacent to an activating group) is 1. The first-order valence-electron chi connectivity index (χ1n) is 9.75. The topological polar surface area (TPSA) is 78.9 Å². The van der Waals surface area contributed by atoms with E-state index >= 15 is 0 Å². The summed E-state index contributed by atoms with van der Waals surface area (Å²) in [5, 5.41) is 11.7. The molecule has 0 bridgehead atoms. The van der Waals surface area contributed by atoms with Crippen LogP contribution in [0.2, 0.25) is 0 Å². The van der Waals surface area contributed by atoms with Crippen molar-refractivity contribution < 1.29 is 19.4 Å². The number of hydrogen-bond acceptors (Lipinski definition) is 4. The quantitative estimate of drug-likeness (QED) is 0.459. The van der Waals surface area contributed by atoms with Crippen LogP contribution in [0.25, 0.3) is 0 Å². The fourth-order valence-corrected chi connectivity index (χ4v) is 2.90. The first-order chi connectivity index (χ1) is 13.0. The maximum atomic E-state index is 12.0. The second-order valence-corrected chi connectivity index (χ2v) is 7.14. The maximum absolute atomic E-state index is 12.0. The van der Waals surface area contributed by atoms with Crippen molar-refractivity contribution in [3.05, 3.63) is 35.9 Å². The number of aryl methyl sites for hydroxylation is 1. The monoisotopic (exact) mass is 378 g/mol. The van der Waals surface area contributed by atoms with Crippen molar-refractivity contribution in [3.63, 3.8) is 0 Å². The zero-order valence-electron chi connectivity index (χ0n) is 16.7. The highest BCUT2D eigenvalue weighted by Crippen LogP contribution is 2.04. The van der Waals surface area contributed by atoms with Crippen LogP contribution in [0.3, 0.4) is 0 Å². The van der Waals surface area contributed by atoms with Gasteiger partial charge in [0.1, 0.15) is 0 Å². The van der Waals surface area contributed by atoms with Gasteiger partial charge in [-0.05, 0) is 45.3 Å². The molecule has 1 atom stereocenters. The number of rotatable bonds is 15. The summed E-state index contributed by atoms with van der Waals surface area (Å²) < 4.78 is 5.64. The molecule has 6 nitrogen and oxygen atoms in total. The highest BCUT2D eigenvalue weighted by molar-refractivity contribution is 5.77. The van der Waals surface area contributed by atoms with Gasteiger partial charge < -0.3 is 20.1 Å². The second-order valence-electron chi connectivity index (χ2n) is 7.14. The van der Waals surface area contributed by atoms with Gasteiger partial charge in [0.05, 0.1) is 12.5 Å². The van der Waals surface area contributed by atoms with Gasteiger partial charge in [0, 0.05) is 26.2 Å². The number of nitrogens with zero attached hydrogens (tertiary/aromatic N) is 1. The summed E-state index contributed by atoms with van der Waals surface area (Å²) in [4.78, 5) is 24.7. The Balaban J connectivity index is 2.01. The molecule has 1 aromatic carbocycles. The third-order valence-corrected chi connectivity index (χ3v) is 4.16. The fourth-order valence-electron chi connectivity index (χ4n) is 2.90. The number of aliphatic carboxylic acids is 1. The van der Waals surface area contributed by atoms with Crippen molar-refractivity contribution in [1.82, 2.24) is 10.2 Å². The van der Waals surface area contributed by atoms with Crippen LogP contribution >= 0.6 is 0 Å². The third kappa shape index (κ3) is 13.0. The van der Waals surface area contributed by atoms with Crippen LogP contribution < -0.4 is 5.32 Å². The smallest absolute Gasteiger partial charge is 0.305 e. The van der Waals surface area contributed by atoms with Crippen LogP contribution in [0.15, 0.2) is 30.3 Å². The number of unbranched alkanes of at least 4 members (excludes halogenated alkanes) is 2. The number of amides is 1. The van der Waals surface area contributed by atoms with E-state index in [0.717, 1.165) is 45.3 Å². The van der Waals surface area contributed by atoms with Crippen LogP contribution in [0.5, 0.6) is 0 Å². The number of carbonyl (C=O) groups excluding carboxylic acids is 1. The zero-order valence-corrected chi connectivity index (χ0v) is 16.7. The lowest BCUT2D eigenvalue weighted by Crippen LogP contribution is -2.42. The average Bonchev–Trinajstić information content (AvgIpc) is 2.60. The molecule has 0 radical (unpaired) electrons. The first-order valence-corrected chi connectivity index (χ1v) is 9.75. The van der Waals surface area contributed by atoms with Gasteiger partial charge in [-0.1, -0.05) is 36.8 Å². The molecule has 2 N–H and O–H groups in total. The molecular weight excluding hydrogens is 344 g/mol. The molecule has 0 saturated heterocycles. The molecule has 1 rings (SSSR count). The highest BCUT2D eigenvalue weighted by atomic mass is 16.5.